The Morgan fingerprint density at radius 3 is 2.72 bits per heavy atom. The Kier molecular flexibility index (Phi) is 8.70. The van der Waals surface area contributed by atoms with Crippen LogP contribution in [0.2, 0.25) is 0 Å². The molecule has 0 bridgehead atoms. The molecule has 0 aliphatic carbocycles. The van der Waals surface area contributed by atoms with Gasteiger partial charge in [-0.15, -0.1) is 0 Å². The van der Waals surface area contributed by atoms with Crippen molar-refractivity contribution in [3.05, 3.63) is 0 Å². The fourth-order valence-electron chi connectivity index (χ4n) is 2.96. The van der Waals surface area contributed by atoms with Crippen LogP contribution in [0, 0.1) is 5.92 Å². The van der Waals surface area contributed by atoms with Gasteiger partial charge >= 0.3 is 0 Å². The smallest absolute Gasteiger partial charge is 0.00670 e. The highest BCUT2D eigenvalue weighted by Gasteiger charge is 2.25. The maximum atomic E-state index is 3.57. The molecule has 1 rings (SSSR count). The van der Waals surface area contributed by atoms with E-state index >= 15 is 0 Å². The second-order valence-electron chi connectivity index (χ2n) is 6.05. The van der Waals surface area contributed by atoms with Crippen molar-refractivity contribution in [2.75, 3.05) is 26.2 Å². The van der Waals surface area contributed by atoms with E-state index in [1.54, 1.807) is 0 Å². The molecule has 0 saturated carbocycles. The lowest BCUT2D eigenvalue weighted by molar-refractivity contribution is 0.232. The highest BCUT2D eigenvalue weighted by atomic mass is 15.2. The summed E-state index contributed by atoms with van der Waals surface area (Å²) < 4.78 is 0. The average Bonchev–Trinajstić information content (AvgIpc) is 2.84. The van der Waals surface area contributed by atoms with Gasteiger partial charge in [0, 0.05) is 12.6 Å². The highest BCUT2D eigenvalue weighted by molar-refractivity contribution is 4.80. The number of rotatable bonds is 10. The van der Waals surface area contributed by atoms with Crippen LogP contribution in [0.5, 0.6) is 0 Å². The van der Waals surface area contributed by atoms with Gasteiger partial charge in [-0.2, -0.15) is 0 Å². The van der Waals surface area contributed by atoms with Crippen LogP contribution in [-0.2, 0) is 0 Å². The zero-order chi connectivity index (χ0) is 13.2. The van der Waals surface area contributed by atoms with Crippen molar-refractivity contribution >= 4 is 0 Å². The Morgan fingerprint density at radius 1 is 1.17 bits per heavy atom. The van der Waals surface area contributed by atoms with Gasteiger partial charge in [0.1, 0.15) is 0 Å². The van der Waals surface area contributed by atoms with Crippen molar-refractivity contribution in [2.24, 2.45) is 5.92 Å². The summed E-state index contributed by atoms with van der Waals surface area (Å²) >= 11 is 0. The molecule has 1 saturated heterocycles. The first kappa shape index (κ1) is 16.0. The zero-order valence-corrected chi connectivity index (χ0v) is 12.9. The minimum atomic E-state index is 0.804. The Morgan fingerprint density at radius 2 is 2.00 bits per heavy atom. The monoisotopic (exact) mass is 254 g/mol. The molecule has 1 N–H and O–H groups in total. The minimum absolute atomic E-state index is 0.804. The van der Waals surface area contributed by atoms with Crippen molar-refractivity contribution in [1.29, 1.82) is 0 Å². The summed E-state index contributed by atoms with van der Waals surface area (Å²) in [5, 5.41) is 3.57. The molecule has 1 heterocycles. The summed E-state index contributed by atoms with van der Waals surface area (Å²) in [5.41, 5.74) is 0. The first-order valence-electron chi connectivity index (χ1n) is 8.22. The van der Waals surface area contributed by atoms with E-state index in [-0.39, 0.29) is 0 Å². The average molecular weight is 254 g/mol. The van der Waals surface area contributed by atoms with Crippen LogP contribution in [0.15, 0.2) is 0 Å². The molecule has 1 fully saturated rings. The molecule has 0 aromatic rings. The van der Waals surface area contributed by atoms with Crippen molar-refractivity contribution in [3.63, 3.8) is 0 Å². The summed E-state index contributed by atoms with van der Waals surface area (Å²) in [5.74, 6) is 0.898. The Bertz CT molecular complexity index is 194. The van der Waals surface area contributed by atoms with Gasteiger partial charge < -0.3 is 10.2 Å². The van der Waals surface area contributed by atoms with E-state index in [1.807, 2.05) is 0 Å². The predicted octanol–water partition coefficient (Wildman–Crippen LogP) is 3.67. The molecule has 0 aromatic carbocycles. The van der Waals surface area contributed by atoms with Gasteiger partial charge in [-0.1, -0.05) is 39.5 Å². The van der Waals surface area contributed by atoms with Crippen LogP contribution in [-0.4, -0.2) is 37.1 Å². The van der Waals surface area contributed by atoms with Crippen molar-refractivity contribution in [2.45, 2.75) is 71.8 Å². The van der Waals surface area contributed by atoms with Gasteiger partial charge in [0.05, 0.1) is 0 Å². The Balaban J connectivity index is 2.08. The number of likely N-dealkylation sites (tertiary alicyclic amines) is 1. The maximum absolute atomic E-state index is 3.57. The van der Waals surface area contributed by atoms with Crippen LogP contribution >= 0.6 is 0 Å². The maximum Gasteiger partial charge on any atom is 0.00670 e. The third-order valence-corrected chi connectivity index (χ3v) is 4.28. The zero-order valence-electron chi connectivity index (χ0n) is 12.9. The van der Waals surface area contributed by atoms with E-state index < -0.39 is 0 Å². The van der Waals surface area contributed by atoms with Gasteiger partial charge in [-0.05, 0) is 51.7 Å². The topological polar surface area (TPSA) is 15.3 Å². The lowest BCUT2D eigenvalue weighted by Gasteiger charge is -2.24. The summed E-state index contributed by atoms with van der Waals surface area (Å²) in [7, 11) is 0. The molecule has 108 valence electrons. The fourth-order valence-corrected chi connectivity index (χ4v) is 2.96. The van der Waals surface area contributed by atoms with Crippen molar-refractivity contribution in [3.8, 4) is 0 Å². The lowest BCUT2D eigenvalue weighted by atomic mass is 10.1. The van der Waals surface area contributed by atoms with Crippen LogP contribution in [0.4, 0.5) is 0 Å². The van der Waals surface area contributed by atoms with Crippen molar-refractivity contribution < 1.29 is 0 Å². The molecule has 0 spiro atoms. The summed E-state index contributed by atoms with van der Waals surface area (Å²) in [6, 6.07) is 0.804. The number of unbranched alkanes of at least 4 members (excludes halogenated alkanes) is 3. The lowest BCUT2D eigenvalue weighted by Crippen LogP contribution is -2.32. The number of hydrogen-bond donors (Lipinski definition) is 1. The van der Waals surface area contributed by atoms with E-state index in [0.717, 1.165) is 12.0 Å². The number of nitrogens with zero attached hydrogens (tertiary/aromatic N) is 1. The predicted molar refractivity (Wildman–Crippen MR) is 81.1 cm³/mol. The molecule has 0 aromatic heterocycles. The van der Waals surface area contributed by atoms with Crippen LogP contribution in [0.25, 0.3) is 0 Å². The van der Waals surface area contributed by atoms with Gasteiger partial charge in [0.15, 0.2) is 0 Å². The Hall–Kier alpha value is -0.0800. The summed E-state index contributed by atoms with van der Waals surface area (Å²) in [6.07, 6.45) is 9.66. The van der Waals surface area contributed by atoms with Gasteiger partial charge in [-0.3, -0.25) is 0 Å². The minimum Gasteiger partial charge on any atom is -0.316 e. The largest absolute Gasteiger partial charge is 0.316 e. The van der Waals surface area contributed by atoms with E-state index in [2.05, 4.69) is 31.0 Å². The molecule has 1 aliphatic heterocycles. The molecule has 1 aliphatic rings. The SMILES string of the molecule is CCCCCCC(C)N1CCC(CNCCC)C1. The third kappa shape index (κ3) is 6.19. The van der Waals surface area contributed by atoms with Crippen LogP contribution < -0.4 is 5.32 Å². The van der Waals surface area contributed by atoms with Crippen LogP contribution in [0.1, 0.15) is 65.7 Å². The van der Waals surface area contributed by atoms with E-state index in [9.17, 15) is 0 Å². The molecule has 0 amide bonds. The van der Waals surface area contributed by atoms with E-state index in [1.165, 1.54) is 71.1 Å². The summed E-state index contributed by atoms with van der Waals surface area (Å²) in [6.45, 7) is 12.0. The van der Waals surface area contributed by atoms with E-state index in [0.29, 0.717) is 0 Å². The van der Waals surface area contributed by atoms with E-state index in [4.69, 9.17) is 0 Å². The highest BCUT2D eigenvalue weighted by Crippen LogP contribution is 2.20. The van der Waals surface area contributed by atoms with Gasteiger partial charge in [0.2, 0.25) is 0 Å². The molecule has 2 nitrogen and oxygen atoms in total. The molecule has 18 heavy (non-hydrogen) atoms. The molecular weight excluding hydrogens is 220 g/mol. The molecule has 2 heteroatoms. The quantitative estimate of drug-likeness (QED) is 0.598. The van der Waals surface area contributed by atoms with Crippen LogP contribution in [0.3, 0.4) is 0 Å². The Labute approximate surface area is 115 Å². The fraction of sp³-hybridized carbons (Fsp3) is 1.00. The number of hydrogen-bond acceptors (Lipinski definition) is 2. The normalized spacial score (nSPS) is 22.5. The first-order chi connectivity index (χ1) is 8.77. The summed E-state index contributed by atoms with van der Waals surface area (Å²) in [4.78, 5) is 2.71. The standard InChI is InChI=1S/C16H34N2/c1-4-6-7-8-9-15(3)18-12-10-16(14-18)13-17-11-5-2/h15-17H,4-14H2,1-3H3. The molecular formula is C16H34N2. The second kappa shape index (κ2) is 9.80. The number of nitrogens with one attached hydrogen (secondary N) is 1. The molecule has 2 atom stereocenters. The first-order valence-corrected chi connectivity index (χ1v) is 8.22. The van der Waals surface area contributed by atoms with Crippen molar-refractivity contribution in [1.82, 2.24) is 10.2 Å². The van der Waals surface area contributed by atoms with Gasteiger partial charge in [-0.25, -0.2) is 0 Å². The molecule has 0 radical (unpaired) electrons. The molecule has 2 unspecified atom stereocenters. The second-order valence-corrected chi connectivity index (χ2v) is 6.05. The third-order valence-electron chi connectivity index (χ3n) is 4.28. The van der Waals surface area contributed by atoms with Gasteiger partial charge in [0.25, 0.3) is 0 Å².